The molecule has 0 aliphatic carbocycles. The average Bonchev–Trinajstić information content (AvgIpc) is 2.25. The zero-order valence-electron chi connectivity index (χ0n) is 8.86. The van der Waals surface area contributed by atoms with E-state index in [0.717, 1.165) is 6.20 Å². The van der Waals surface area contributed by atoms with Gasteiger partial charge in [0.2, 0.25) is 0 Å². The van der Waals surface area contributed by atoms with Gasteiger partial charge in [-0.15, -0.1) is 0 Å². The van der Waals surface area contributed by atoms with E-state index in [2.05, 4.69) is 9.72 Å². The second kappa shape index (κ2) is 5.13. The van der Waals surface area contributed by atoms with Gasteiger partial charge in [-0.05, 0) is 19.1 Å². The number of hydrogen-bond donors (Lipinski definition) is 1. The molecule has 1 heterocycles. The molecule has 1 N–H and O–H groups in total. The Balaban J connectivity index is 2.63. The zero-order chi connectivity index (χ0) is 13.1. The number of nitrogens with zero attached hydrogens (tertiary/aromatic N) is 1. The summed E-state index contributed by atoms with van der Waals surface area (Å²) in [4.78, 5) is 14.2. The van der Waals surface area contributed by atoms with Crippen LogP contribution in [0.2, 0.25) is 0 Å². The molecule has 1 rings (SSSR count). The van der Waals surface area contributed by atoms with E-state index < -0.39 is 24.9 Å². The number of aromatic nitrogens is 1. The van der Waals surface area contributed by atoms with E-state index in [0.29, 0.717) is 0 Å². The van der Waals surface area contributed by atoms with Crippen molar-refractivity contribution in [2.24, 2.45) is 0 Å². The van der Waals surface area contributed by atoms with E-state index in [-0.39, 0.29) is 11.3 Å². The van der Waals surface area contributed by atoms with Crippen LogP contribution in [0.3, 0.4) is 0 Å². The van der Waals surface area contributed by atoms with Gasteiger partial charge >= 0.3 is 12.1 Å². The van der Waals surface area contributed by atoms with E-state index in [4.69, 9.17) is 5.11 Å². The lowest BCUT2D eigenvalue weighted by Crippen LogP contribution is -2.18. The summed E-state index contributed by atoms with van der Waals surface area (Å²) in [6.45, 7) is 0.0467. The quantitative estimate of drug-likeness (QED) is 0.890. The molecule has 0 aliphatic rings. The van der Waals surface area contributed by atoms with Crippen LogP contribution in [0.15, 0.2) is 18.3 Å². The first-order valence-electron chi connectivity index (χ1n) is 4.67. The summed E-state index contributed by atoms with van der Waals surface area (Å²) in [5.41, 5.74) is 0.219. The van der Waals surface area contributed by atoms with Gasteiger partial charge in [0.25, 0.3) is 0 Å². The minimum atomic E-state index is -4.39. The minimum absolute atomic E-state index is 0.0308. The van der Waals surface area contributed by atoms with Crippen molar-refractivity contribution < 1.29 is 27.8 Å². The molecule has 0 aromatic carbocycles. The van der Waals surface area contributed by atoms with E-state index in [1.807, 2.05) is 0 Å². The number of carboxylic acids is 1. The molecule has 0 unspecified atom stereocenters. The molecule has 0 bridgehead atoms. The Morgan fingerprint density at radius 1 is 1.53 bits per heavy atom. The molecule has 0 spiro atoms. The predicted octanol–water partition coefficient (Wildman–Crippen LogP) is 2.42. The highest BCUT2D eigenvalue weighted by Gasteiger charge is 2.28. The van der Waals surface area contributed by atoms with Crippen molar-refractivity contribution in [1.82, 2.24) is 4.98 Å². The highest BCUT2D eigenvalue weighted by molar-refractivity contribution is 5.87. The number of pyridine rings is 1. The van der Waals surface area contributed by atoms with Crippen molar-refractivity contribution >= 4 is 5.97 Å². The number of ether oxygens (including phenoxy) is 1. The van der Waals surface area contributed by atoms with Crippen LogP contribution < -0.4 is 0 Å². The molecule has 17 heavy (non-hydrogen) atoms. The fraction of sp³-hybridized carbons (Fsp3) is 0.400. The fourth-order valence-electron chi connectivity index (χ4n) is 1.08. The Kier molecular flexibility index (Phi) is 4.06. The van der Waals surface area contributed by atoms with Crippen molar-refractivity contribution in [3.63, 3.8) is 0 Å². The molecule has 4 nitrogen and oxygen atoms in total. The topological polar surface area (TPSA) is 59.4 Å². The molecule has 1 atom stereocenters. The molecule has 7 heteroatoms. The maximum atomic E-state index is 11.9. The van der Waals surface area contributed by atoms with Gasteiger partial charge in [0.1, 0.15) is 6.61 Å². The Morgan fingerprint density at radius 3 is 2.59 bits per heavy atom. The first-order chi connectivity index (χ1) is 7.79. The lowest BCUT2D eigenvalue weighted by Gasteiger charge is -2.14. The lowest BCUT2D eigenvalue weighted by atomic mass is 10.2. The molecule has 0 saturated heterocycles. The van der Waals surface area contributed by atoms with Crippen LogP contribution in [0.5, 0.6) is 0 Å². The monoisotopic (exact) mass is 249 g/mol. The van der Waals surface area contributed by atoms with Crippen LogP contribution in [0.4, 0.5) is 13.2 Å². The standard InChI is InChI=1S/C10H10F3NO3/c1-6(17-5-10(11,12)13)8-3-2-7(4-14-8)9(15)16/h2-4,6H,5H2,1H3,(H,15,16)/t6-/m0/s1. The van der Waals surface area contributed by atoms with Gasteiger partial charge in [0.15, 0.2) is 0 Å². The predicted molar refractivity (Wildman–Crippen MR) is 51.6 cm³/mol. The normalized spacial score (nSPS) is 13.4. The molecule has 0 fully saturated rings. The molecule has 0 radical (unpaired) electrons. The Morgan fingerprint density at radius 2 is 2.18 bits per heavy atom. The van der Waals surface area contributed by atoms with Crippen molar-refractivity contribution in [2.75, 3.05) is 6.61 Å². The summed E-state index contributed by atoms with van der Waals surface area (Å²) in [5.74, 6) is -1.15. The lowest BCUT2D eigenvalue weighted by molar-refractivity contribution is -0.184. The van der Waals surface area contributed by atoms with Crippen molar-refractivity contribution in [1.29, 1.82) is 0 Å². The van der Waals surface area contributed by atoms with Crippen LogP contribution in [0, 0.1) is 0 Å². The van der Waals surface area contributed by atoms with Gasteiger partial charge < -0.3 is 9.84 Å². The number of carbonyl (C=O) groups is 1. The van der Waals surface area contributed by atoms with Crippen LogP contribution in [-0.2, 0) is 4.74 Å². The molecular weight excluding hydrogens is 239 g/mol. The molecular formula is C10H10F3NO3. The highest BCUT2D eigenvalue weighted by Crippen LogP contribution is 2.20. The zero-order valence-corrected chi connectivity index (χ0v) is 8.86. The molecule has 1 aromatic heterocycles. The second-order valence-corrected chi connectivity index (χ2v) is 3.35. The highest BCUT2D eigenvalue weighted by atomic mass is 19.4. The van der Waals surface area contributed by atoms with Crippen LogP contribution >= 0.6 is 0 Å². The van der Waals surface area contributed by atoms with Gasteiger partial charge in [-0.2, -0.15) is 13.2 Å². The Hall–Kier alpha value is -1.63. The molecule has 1 aromatic rings. The van der Waals surface area contributed by atoms with E-state index >= 15 is 0 Å². The van der Waals surface area contributed by atoms with Crippen LogP contribution in [-0.4, -0.2) is 28.8 Å². The first kappa shape index (κ1) is 13.4. The smallest absolute Gasteiger partial charge is 0.411 e. The maximum absolute atomic E-state index is 11.9. The van der Waals surface area contributed by atoms with Gasteiger partial charge in [-0.3, -0.25) is 4.98 Å². The Bertz CT molecular complexity index is 389. The number of rotatable bonds is 4. The van der Waals surface area contributed by atoms with E-state index in [1.54, 1.807) is 0 Å². The minimum Gasteiger partial charge on any atom is -0.478 e. The summed E-state index contributed by atoms with van der Waals surface area (Å²) in [7, 11) is 0. The third kappa shape index (κ3) is 4.39. The number of halogens is 3. The third-order valence-corrected chi connectivity index (χ3v) is 1.95. The largest absolute Gasteiger partial charge is 0.478 e. The molecule has 0 amide bonds. The number of aromatic carboxylic acids is 1. The van der Waals surface area contributed by atoms with Gasteiger partial charge in [-0.25, -0.2) is 4.79 Å². The summed E-state index contributed by atoms with van der Waals surface area (Å²) in [6.07, 6.45) is -4.17. The van der Waals surface area contributed by atoms with Gasteiger partial charge in [0, 0.05) is 6.20 Å². The number of alkyl halides is 3. The third-order valence-electron chi connectivity index (χ3n) is 1.95. The summed E-state index contributed by atoms with van der Waals surface area (Å²) in [6, 6.07) is 2.59. The van der Waals surface area contributed by atoms with E-state index in [9.17, 15) is 18.0 Å². The van der Waals surface area contributed by atoms with Crippen molar-refractivity contribution in [3.05, 3.63) is 29.6 Å². The van der Waals surface area contributed by atoms with Gasteiger partial charge in [-0.1, -0.05) is 0 Å². The van der Waals surface area contributed by atoms with E-state index in [1.165, 1.54) is 19.1 Å². The second-order valence-electron chi connectivity index (χ2n) is 3.35. The summed E-state index contributed by atoms with van der Waals surface area (Å²) < 4.78 is 40.2. The number of hydrogen-bond acceptors (Lipinski definition) is 3. The first-order valence-corrected chi connectivity index (χ1v) is 4.67. The summed E-state index contributed by atoms with van der Waals surface area (Å²) >= 11 is 0. The number of carboxylic acid groups (broad SMARTS) is 1. The summed E-state index contributed by atoms with van der Waals surface area (Å²) in [5, 5.41) is 8.60. The van der Waals surface area contributed by atoms with Crippen LogP contribution in [0.25, 0.3) is 0 Å². The molecule has 0 aliphatic heterocycles. The molecule has 94 valence electrons. The van der Waals surface area contributed by atoms with Crippen LogP contribution in [0.1, 0.15) is 29.1 Å². The molecule has 0 saturated carbocycles. The average molecular weight is 249 g/mol. The fourth-order valence-corrected chi connectivity index (χ4v) is 1.08. The SMILES string of the molecule is C[C@H](OCC(F)(F)F)c1ccc(C(=O)O)cn1. The van der Waals surface area contributed by atoms with Gasteiger partial charge in [0.05, 0.1) is 17.4 Å². The van der Waals surface area contributed by atoms with Crippen molar-refractivity contribution in [2.45, 2.75) is 19.2 Å². The Labute approximate surface area is 95.0 Å². The van der Waals surface area contributed by atoms with Crippen molar-refractivity contribution in [3.8, 4) is 0 Å². The maximum Gasteiger partial charge on any atom is 0.411 e.